The molecular weight excluding hydrogens is 488 g/mol. The third-order valence-corrected chi connectivity index (χ3v) is 7.49. The zero-order chi connectivity index (χ0) is 27.2. The van der Waals surface area contributed by atoms with Crippen LogP contribution in [0.4, 0.5) is 5.69 Å². The van der Waals surface area contributed by atoms with Crippen LogP contribution in [0.3, 0.4) is 0 Å². The Morgan fingerprint density at radius 3 is 2.53 bits per heavy atom. The Bertz CT molecular complexity index is 1030. The lowest BCUT2D eigenvalue weighted by Crippen LogP contribution is -3.10. The molecule has 0 aromatic heterocycles. The van der Waals surface area contributed by atoms with Crippen molar-refractivity contribution in [2.24, 2.45) is 16.9 Å². The van der Waals surface area contributed by atoms with E-state index in [1.165, 1.54) is 5.12 Å². The molecule has 38 heavy (non-hydrogen) atoms. The van der Waals surface area contributed by atoms with Gasteiger partial charge >= 0.3 is 5.90 Å². The molecule has 0 spiro atoms. The van der Waals surface area contributed by atoms with Crippen LogP contribution in [0, 0.1) is 17.0 Å². The third-order valence-electron chi connectivity index (χ3n) is 7.49. The first-order valence-electron chi connectivity index (χ1n) is 13.8. The quantitative estimate of drug-likeness (QED) is 0.351. The molecule has 1 heterocycles. The Morgan fingerprint density at radius 2 is 1.87 bits per heavy atom. The molecule has 0 bridgehead atoms. The molecule has 3 aliphatic rings. The predicted molar refractivity (Wildman–Crippen MR) is 143 cm³/mol. The predicted octanol–water partition coefficient (Wildman–Crippen LogP) is 1.55. The molecule has 208 valence electrons. The summed E-state index contributed by atoms with van der Waals surface area (Å²) in [5.41, 5.74) is 1.53. The van der Waals surface area contributed by atoms with E-state index in [-0.39, 0.29) is 23.8 Å². The van der Waals surface area contributed by atoms with Gasteiger partial charge in [-0.25, -0.2) is 0 Å². The highest BCUT2D eigenvalue weighted by Crippen LogP contribution is 2.29. The molecule has 4 rings (SSSR count). The second kappa shape index (κ2) is 12.6. The number of unbranched alkanes of at least 4 members (excludes halogenated alkanes) is 1. The standard InChI is InChI=1S/C27H40N6O5/c1-4-5-9-23(24(34)27-30-32(33(37)38-27)17-18-11-12-18)29-26(36)21-8-6-7-10-22(21)28-25(35)19-13-15-20(16-14-19)31(2)3/h13-16,18,21-23,33H,4-12,17H2,1-3H3,(H,28,35)(H,29,36)/t21-,22+,23+/m1/s1. The van der Waals surface area contributed by atoms with E-state index < -0.39 is 23.1 Å². The van der Waals surface area contributed by atoms with Gasteiger partial charge in [0.25, 0.3) is 5.91 Å². The van der Waals surface area contributed by atoms with Crippen molar-refractivity contribution in [3.8, 4) is 0 Å². The van der Waals surface area contributed by atoms with Crippen molar-refractivity contribution in [3.63, 3.8) is 0 Å². The van der Waals surface area contributed by atoms with E-state index in [9.17, 15) is 19.6 Å². The fourth-order valence-electron chi connectivity index (χ4n) is 4.95. The summed E-state index contributed by atoms with van der Waals surface area (Å²) in [7, 11) is 3.87. The first-order chi connectivity index (χ1) is 18.3. The number of amides is 2. The van der Waals surface area contributed by atoms with Crippen LogP contribution in [0.25, 0.3) is 0 Å². The maximum absolute atomic E-state index is 13.4. The number of carbonyl (C=O) groups excluding carboxylic acids is 3. The van der Waals surface area contributed by atoms with Crippen molar-refractivity contribution in [3.05, 3.63) is 35.0 Å². The lowest BCUT2D eigenvalue weighted by molar-refractivity contribution is -1.12. The maximum Gasteiger partial charge on any atom is 0.351 e. The molecule has 1 aromatic carbocycles. The highest BCUT2D eigenvalue weighted by Gasteiger charge is 2.39. The van der Waals surface area contributed by atoms with Gasteiger partial charge in [0.05, 0.1) is 18.5 Å². The molecule has 2 fully saturated rings. The van der Waals surface area contributed by atoms with Gasteiger partial charge in [0.2, 0.25) is 11.7 Å². The van der Waals surface area contributed by atoms with Crippen LogP contribution < -0.4 is 20.9 Å². The van der Waals surface area contributed by atoms with Gasteiger partial charge in [-0.3, -0.25) is 19.2 Å². The van der Waals surface area contributed by atoms with Gasteiger partial charge in [-0.15, -0.1) is 0 Å². The minimum atomic E-state index is -0.841. The van der Waals surface area contributed by atoms with Crippen molar-refractivity contribution in [2.75, 3.05) is 25.5 Å². The van der Waals surface area contributed by atoms with Gasteiger partial charge in [-0.1, -0.05) is 48.2 Å². The average Bonchev–Trinajstić information content (AvgIpc) is 3.66. The summed E-state index contributed by atoms with van der Waals surface area (Å²) in [5.74, 6) is -1.29. The average molecular weight is 529 g/mol. The lowest BCUT2D eigenvalue weighted by atomic mass is 9.83. The molecule has 2 aliphatic carbocycles. The topological polar surface area (TPSA) is 131 Å². The number of rotatable bonds is 12. The molecule has 1 aliphatic heterocycles. The van der Waals surface area contributed by atoms with E-state index in [2.05, 4.69) is 15.7 Å². The molecule has 11 heteroatoms. The number of hydrogen-bond acceptors (Lipinski definition) is 8. The number of benzene rings is 1. The Morgan fingerprint density at radius 1 is 1.16 bits per heavy atom. The van der Waals surface area contributed by atoms with Gasteiger partial charge < -0.3 is 20.7 Å². The fraction of sp³-hybridized carbons (Fsp3) is 0.630. The summed E-state index contributed by atoms with van der Waals surface area (Å²) in [4.78, 5) is 46.8. The van der Waals surface area contributed by atoms with E-state index in [1.807, 2.05) is 38.1 Å². The first kappa shape index (κ1) is 27.8. The second-order valence-corrected chi connectivity index (χ2v) is 10.8. The van der Waals surface area contributed by atoms with Crippen molar-refractivity contribution in [1.82, 2.24) is 15.8 Å². The van der Waals surface area contributed by atoms with Gasteiger partial charge in [0, 0.05) is 31.4 Å². The minimum Gasteiger partial charge on any atom is -0.563 e. The molecular formula is C27H40N6O5. The van der Waals surface area contributed by atoms with Gasteiger partial charge in [-0.2, -0.15) is 0 Å². The van der Waals surface area contributed by atoms with Crippen molar-refractivity contribution in [1.29, 1.82) is 0 Å². The summed E-state index contributed by atoms with van der Waals surface area (Å²) >= 11 is 0. The summed E-state index contributed by atoms with van der Waals surface area (Å²) in [6.07, 6.45) is 7.15. The van der Waals surface area contributed by atoms with Crippen molar-refractivity contribution in [2.45, 2.75) is 76.8 Å². The van der Waals surface area contributed by atoms with E-state index in [0.29, 0.717) is 37.3 Å². The van der Waals surface area contributed by atoms with Crippen LogP contribution in [0.5, 0.6) is 0 Å². The molecule has 2 amide bonds. The van der Waals surface area contributed by atoms with Crippen LogP contribution in [0.2, 0.25) is 0 Å². The SMILES string of the molecule is CCCC[C@H](NC(=O)[C@@H]1CCCC[C@@H]1NC(=O)c1ccc(N(C)C)cc1)C(=O)C1=NN(CC2CC2)[NH+]([O-])O1. The molecule has 3 N–H and O–H groups in total. The number of nitrogens with one attached hydrogen (secondary N) is 3. The highest BCUT2D eigenvalue weighted by atomic mass is 16.9. The van der Waals surface area contributed by atoms with E-state index in [1.54, 1.807) is 12.1 Å². The molecule has 0 saturated heterocycles. The van der Waals surface area contributed by atoms with Crippen molar-refractivity contribution >= 4 is 29.2 Å². The Balaban J connectivity index is 1.41. The summed E-state index contributed by atoms with van der Waals surface area (Å²) < 4.78 is 0. The Kier molecular flexibility index (Phi) is 9.22. The third kappa shape index (κ3) is 7.02. The molecule has 4 atom stereocenters. The number of quaternary nitrogens is 1. The fourth-order valence-corrected chi connectivity index (χ4v) is 4.95. The number of carbonyl (C=O) groups is 3. The molecule has 2 saturated carbocycles. The summed E-state index contributed by atoms with van der Waals surface area (Å²) in [6, 6.07) is 6.15. The van der Waals surface area contributed by atoms with Crippen LogP contribution in [-0.2, 0) is 14.4 Å². The lowest BCUT2D eigenvalue weighted by Gasteiger charge is -2.32. The van der Waals surface area contributed by atoms with Gasteiger partial charge in [0.1, 0.15) is 0 Å². The molecule has 1 aromatic rings. The molecule has 0 radical (unpaired) electrons. The monoisotopic (exact) mass is 528 g/mol. The molecule has 1 unspecified atom stereocenters. The Hall–Kier alpha value is -3.18. The van der Waals surface area contributed by atoms with E-state index in [4.69, 9.17) is 4.84 Å². The van der Waals surface area contributed by atoms with Gasteiger partial charge in [0.15, 0.2) is 0 Å². The number of hydrazone groups is 1. The van der Waals surface area contributed by atoms with Crippen LogP contribution in [0.1, 0.15) is 75.1 Å². The number of Topliss-reactive ketones (excluding diaryl/α,β-unsaturated/α-hetero) is 1. The number of hydrogen-bond donors (Lipinski definition) is 3. The maximum atomic E-state index is 13.4. The van der Waals surface area contributed by atoms with Crippen LogP contribution >= 0.6 is 0 Å². The van der Waals surface area contributed by atoms with E-state index >= 15 is 0 Å². The summed E-state index contributed by atoms with van der Waals surface area (Å²) in [6.45, 7) is 2.45. The van der Waals surface area contributed by atoms with Crippen LogP contribution in [0.15, 0.2) is 29.4 Å². The second-order valence-electron chi connectivity index (χ2n) is 10.8. The Labute approximate surface area is 224 Å². The summed E-state index contributed by atoms with van der Waals surface area (Å²) in [5, 5.41) is 22.8. The van der Waals surface area contributed by atoms with Crippen molar-refractivity contribution < 1.29 is 24.6 Å². The molecule has 11 nitrogen and oxygen atoms in total. The number of ketones is 1. The van der Waals surface area contributed by atoms with E-state index in [0.717, 1.165) is 44.2 Å². The minimum absolute atomic E-state index is 0.221. The highest BCUT2D eigenvalue weighted by molar-refractivity contribution is 6.38. The number of nitrogens with zero attached hydrogens (tertiary/aromatic N) is 3. The normalized spacial score (nSPS) is 23.7. The zero-order valence-electron chi connectivity index (χ0n) is 22.6. The van der Waals surface area contributed by atoms with Gasteiger partial charge in [-0.05, 0) is 62.3 Å². The first-order valence-corrected chi connectivity index (χ1v) is 13.8. The number of anilines is 1. The zero-order valence-corrected chi connectivity index (χ0v) is 22.6. The van der Waals surface area contributed by atoms with Crippen LogP contribution in [-0.4, -0.2) is 61.3 Å². The smallest absolute Gasteiger partial charge is 0.351 e. The largest absolute Gasteiger partial charge is 0.563 e.